The van der Waals surface area contributed by atoms with Crippen LogP contribution in [0.1, 0.15) is 37.4 Å². The molecule has 0 aromatic heterocycles. The van der Waals surface area contributed by atoms with E-state index in [0.29, 0.717) is 13.1 Å². The molecule has 4 nitrogen and oxygen atoms in total. The largest absolute Gasteiger partial charge is 0.478 e. The van der Waals surface area contributed by atoms with Gasteiger partial charge in [0.1, 0.15) is 5.82 Å². The maximum absolute atomic E-state index is 13.6. The van der Waals surface area contributed by atoms with Gasteiger partial charge in [0, 0.05) is 18.7 Å². The number of amides is 1. The number of carbonyl (C=O) groups excluding carboxylic acids is 1. The summed E-state index contributed by atoms with van der Waals surface area (Å²) in [5, 5.41) is 8.99. The highest BCUT2D eigenvalue weighted by atomic mass is 19.1. The van der Waals surface area contributed by atoms with Crippen LogP contribution in [0.3, 0.4) is 0 Å². The number of hydrogen-bond donors (Lipinski definition) is 1. The molecule has 1 N–H and O–H groups in total. The van der Waals surface area contributed by atoms with E-state index in [2.05, 4.69) is 6.07 Å². The molecule has 0 aliphatic carbocycles. The van der Waals surface area contributed by atoms with Crippen molar-refractivity contribution in [2.24, 2.45) is 0 Å². The van der Waals surface area contributed by atoms with Gasteiger partial charge in [0.05, 0.1) is 5.56 Å². The third-order valence-corrected chi connectivity index (χ3v) is 4.05. The van der Waals surface area contributed by atoms with E-state index in [9.17, 15) is 14.0 Å². The maximum atomic E-state index is 13.6. The van der Waals surface area contributed by atoms with Gasteiger partial charge in [-0.1, -0.05) is 23.8 Å². The van der Waals surface area contributed by atoms with Crippen LogP contribution in [-0.4, -0.2) is 28.4 Å². The minimum absolute atomic E-state index is 0.0681. The lowest BCUT2D eigenvalue weighted by Crippen LogP contribution is -2.36. The number of fused-ring (bicyclic) bond motifs is 1. The van der Waals surface area contributed by atoms with E-state index in [0.717, 1.165) is 29.7 Å². The molecule has 3 rings (SSSR count). The van der Waals surface area contributed by atoms with Gasteiger partial charge in [-0.15, -0.1) is 0 Å². The lowest BCUT2D eigenvalue weighted by atomic mass is 9.97. The summed E-state index contributed by atoms with van der Waals surface area (Å²) in [6.07, 6.45) is 0.739. The quantitative estimate of drug-likeness (QED) is 0.927. The van der Waals surface area contributed by atoms with E-state index in [1.807, 2.05) is 19.1 Å². The normalized spacial score (nSPS) is 13.6. The summed E-state index contributed by atoms with van der Waals surface area (Å²) < 4.78 is 13.6. The molecule has 0 fully saturated rings. The molecule has 0 atom stereocenters. The first-order valence-corrected chi connectivity index (χ1v) is 7.35. The lowest BCUT2D eigenvalue weighted by Gasteiger charge is -2.29. The molecule has 2 aromatic rings. The van der Waals surface area contributed by atoms with Gasteiger partial charge >= 0.3 is 5.97 Å². The zero-order chi connectivity index (χ0) is 16.6. The van der Waals surface area contributed by atoms with Crippen molar-refractivity contribution in [3.8, 4) is 0 Å². The van der Waals surface area contributed by atoms with Crippen LogP contribution in [0.25, 0.3) is 0 Å². The van der Waals surface area contributed by atoms with Gasteiger partial charge in [0.2, 0.25) is 0 Å². The lowest BCUT2D eigenvalue weighted by molar-refractivity contribution is 0.0696. The summed E-state index contributed by atoms with van der Waals surface area (Å²) in [5.41, 5.74) is 3.27. The van der Waals surface area contributed by atoms with Gasteiger partial charge in [-0.2, -0.15) is 0 Å². The van der Waals surface area contributed by atoms with Crippen molar-refractivity contribution in [2.75, 3.05) is 6.54 Å². The standard InChI is InChI=1S/C18H16FNO3/c1-11-2-3-12-4-5-20(10-15(12)6-11)17(21)13-7-14(18(22)23)9-16(19)8-13/h2-3,6-9H,4-5,10H2,1H3,(H,22,23). The highest BCUT2D eigenvalue weighted by molar-refractivity contribution is 5.97. The van der Waals surface area contributed by atoms with Gasteiger partial charge in [-0.3, -0.25) is 4.79 Å². The monoisotopic (exact) mass is 313 g/mol. The second-order valence-electron chi connectivity index (χ2n) is 5.78. The third kappa shape index (κ3) is 3.08. The average Bonchev–Trinajstić information content (AvgIpc) is 2.52. The van der Waals surface area contributed by atoms with Crippen LogP contribution < -0.4 is 0 Å². The Bertz CT molecular complexity index is 801. The SMILES string of the molecule is Cc1ccc2c(c1)CN(C(=O)c1cc(F)cc(C(=O)O)c1)CC2. The van der Waals surface area contributed by atoms with Gasteiger partial charge in [-0.25, -0.2) is 9.18 Å². The molecule has 2 aromatic carbocycles. The fourth-order valence-electron chi connectivity index (χ4n) is 2.88. The Balaban J connectivity index is 1.88. The first-order chi connectivity index (χ1) is 10.9. The Labute approximate surface area is 133 Å². The van der Waals surface area contributed by atoms with Crippen molar-refractivity contribution in [1.29, 1.82) is 0 Å². The molecule has 0 bridgehead atoms. The minimum atomic E-state index is -1.25. The van der Waals surface area contributed by atoms with E-state index in [1.54, 1.807) is 4.90 Å². The molecular weight excluding hydrogens is 297 g/mol. The second-order valence-corrected chi connectivity index (χ2v) is 5.78. The number of benzene rings is 2. The Morgan fingerprint density at radius 2 is 1.83 bits per heavy atom. The van der Waals surface area contributed by atoms with Crippen molar-refractivity contribution < 1.29 is 19.1 Å². The first kappa shape index (κ1) is 15.2. The third-order valence-electron chi connectivity index (χ3n) is 4.05. The molecule has 1 amide bonds. The summed E-state index contributed by atoms with van der Waals surface area (Å²) in [7, 11) is 0. The summed E-state index contributed by atoms with van der Waals surface area (Å²) >= 11 is 0. The summed E-state index contributed by atoms with van der Waals surface area (Å²) in [4.78, 5) is 25.2. The molecule has 5 heteroatoms. The minimum Gasteiger partial charge on any atom is -0.478 e. The van der Waals surface area contributed by atoms with Crippen LogP contribution in [-0.2, 0) is 13.0 Å². The molecule has 0 saturated carbocycles. The van der Waals surface area contributed by atoms with Crippen molar-refractivity contribution in [2.45, 2.75) is 19.9 Å². The Morgan fingerprint density at radius 1 is 1.09 bits per heavy atom. The topological polar surface area (TPSA) is 57.6 Å². The number of rotatable bonds is 2. The predicted molar refractivity (Wildman–Crippen MR) is 83.0 cm³/mol. The molecule has 1 aliphatic heterocycles. The van der Waals surface area contributed by atoms with Crippen molar-refractivity contribution in [3.05, 3.63) is 70.0 Å². The molecule has 23 heavy (non-hydrogen) atoms. The number of aryl methyl sites for hydroxylation is 1. The Kier molecular flexibility index (Phi) is 3.86. The molecule has 1 aliphatic rings. The number of nitrogens with zero attached hydrogens (tertiary/aromatic N) is 1. The van der Waals surface area contributed by atoms with E-state index in [4.69, 9.17) is 5.11 Å². The number of hydrogen-bond acceptors (Lipinski definition) is 2. The zero-order valence-electron chi connectivity index (χ0n) is 12.7. The van der Waals surface area contributed by atoms with E-state index in [-0.39, 0.29) is 17.0 Å². The van der Waals surface area contributed by atoms with E-state index >= 15 is 0 Å². The number of carboxylic acids is 1. The van der Waals surface area contributed by atoms with Crippen molar-refractivity contribution in [3.63, 3.8) is 0 Å². The Morgan fingerprint density at radius 3 is 2.57 bits per heavy atom. The smallest absolute Gasteiger partial charge is 0.335 e. The first-order valence-electron chi connectivity index (χ1n) is 7.35. The van der Waals surface area contributed by atoms with Gasteiger partial charge in [0.25, 0.3) is 5.91 Å². The van der Waals surface area contributed by atoms with Gasteiger partial charge in [0.15, 0.2) is 0 Å². The van der Waals surface area contributed by atoms with Crippen LogP contribution in [0.5, 0.6) is 0 Å². The number of halogens is 1. The molecule has 0 spiro atoms. The van der Waals surface area contributed by atoms with Crippen LogP contribution in [0, 0.1) is 12.7 Å². The molecule has 0 radical (unpaired) electrons. The second kappa shape index (κ2) is 5.83. The maximum Gasteiger partial charge on any atom is 0.335 e. The highest BCUT2D eigenvalue weighted by Gasteiger charge is 2.23. The van der Waals surface area contributed by atoms with Gasteiger partial charge < -0.3 is 10.0 Å². The zero-order valence-corrected chi connectivity index (χ0v) is 12.7. The average molecular weight is 313 g/mol. The number of aromatic carboxylic acids is 1. The van der Waals surface area contributed by atoms with Crippen molar-refractivity contribution in [1.82, 2.24) is 4.90 Å². The summed E-state index contributed by atoms with van der Waals surface area (Å²) in [6, 6.07) is 9.37. The van der Waals surface area contributed by atoms with E-state index in [1.165, 1.54) is 11.6 Å². The predicted octanol–water partition coefficient (Wildman–Crippen LogP) is 3.03. The molecular formula is C18H16FNO3. The van der Waals surface area contributed by atoms with Gasteiger partial charge in [-0.05, 0) is 42.7 Å². The molecule has 118 valence electrons. The fourth-order valence-corrected chi connectivity index (χ4v) is 2.88. The van der Waals surface area contributed by atoms with Crippen LogP contribution in [0.15, 0.2) is 36.4 Å². The highest BCUT2D eigenvalue weighted by Crippen LogP contribution is 2.22. The van der Waals surface area contributed by atoms with Crippen LogP contribution >= 0.6 is 0 Å². The molecule has 0 unspecified atom stereocenters. The van der Waals surface area contributed by atoms with E-state index < -0.39 is 11.8 Å². The Hall–Kier alpha value is -2.69. The molecule has 1 heterocycles. The number of carboxylic acid groups (broad SMARTS) is 1. The molecule has 0 saturated heterocycles. The van der Waals surface area contributed by atoms with Crippen LogP contribution in [0.4, 0.5) is 4.39 Å². The summed E-state index contributed by atoms with van der Waals surface area (Å²) in [5.74, 6) is -2.32. The number of carbonyl (C=O) groups is 2. The fraction of sp³-hybridized carbons (Fsp3) is 0.222. The van der Waals surface area contributed by atoms with Crippen molar-refractivity contribution >= 4 is 11.9 Å². The summed E-state index contributed by atoms with van der Waals surface area (Å²) in [6.45, 7) is 2.98. The van der Waals surface area contributed by atoms with Crippen LogP contribution in [0.2, 0.25) is 0 Å².